The summed E-state index contributed by atoms with van der Waals surface area (Å²) in [6.07, 6.45) is 5.43. The molecule has 1 aliphatic carbocycles. The van der Waals surface area contributed by atoms with Crippen molar-refractivity contribution in [2.45, 2.75) is 30.7 Å². The van der Waals surface area contributed by atoms with Gasteiger partial charge in [0.15, 0.2) is 4.90 Å². The van der Waals surface area contributed by atoms with Crippen molar-refractivity contribution in [1.82, 2.24) is 4.31 Å². The smallest absolute Gasteiger partial charge is 0.258 e. The summed E-state index contributed by atoms with van der Waals surface area (Å²) in [4.78, 5) is 10.4. The highest BCUT2D eigenvalue weighted by atomic mass is 32.2. The Labute approximate surface area is 158 Å². The summed E-state index contributed by atoms with van der Waals surface area (Å²) in [5, 5.41) is 11.3. The van der Waals surface area contributed by atoms with Crippen LogP contribution in [0.4, 0.5) is 5.69 Å². The van der Waals surface area contributed by atoms with E-state index in [1.54, 1.807) is 0 Å². The zero-order valence-electron chi connectivity index (χ0n) is 14.7. The third-order valence-corrected chi connectivity index (χ3v) is 7.27. The molecule has 1 fully saturated rings. The minimum absolute atomic E-state index is 0.206. The number of fused-ring (bicyclic) bond motifs is 1. The molecular weight excluding hydrogens is 364 g/mol. The third kappa shape index (κ3) is 3.17. The molecule has 7 heteroatoms. The molecule has 0 amide bonds. The second-order valence-electron chi connectivity index (χ2n) is 6.97. The van der Waals surface area contributed by atoms with E-state index in [1.807, 2.05) is 30.3 Å². The SMILES string of the molecule is O=[N+]([O-])c1ccccc1S(=O)(=O)N1CC=C(C2CCC2)c2ccccc2C1. The van der Waals surface area contributed by atoms with Crippen LogP contribution in [0.5, 0.6) is 0 Å². The second kappa shape index (κ2) is 6.90. The minimum atomic E-state index is -3.99. The van der Waals surface area contributed by atoms with Crippen molar-refractivity contribution in [3.63, 3.8) is 0 Å². The van der Waals surface area contributed by atoms with E-state index in [0.29, 0.717) is 5.92 Å². The Morgan fingerprint density at radius 1 is 1.04 bits per heavy atom. The molecule has 1 aliphatic heterocycles. The van der Waals surface area contributed by atoms with Gasteiger partial charge in [-0.15, -0.1) is 0 Å². The lowest BCUT2D eigenvalue weighted by Crippen LogP contribution is -2.31. The minimum Gasteiger partial charge on any atom is -0.258 e. The monoisotopic (exact) mass is 384 g/mol. The summed E-state index contributed by atoms with van der Waals surface area (Å²) < 4.78 is 27.8. The lowest BCUT2D eigenvalue weighted by Gasteiger charge is -2.29. The molecule has 1 saturated carbocycles. The topological polar surface area (TPSA) is 80.5 Å². The van der Waals surface area contributed by atoms with E-state index in [2.05, 4.69) is 0 Å². The summed E-state index contributed by atoms with van der Waals surface area (Å²) in [7, 11) is -3.99. The number of nitrogens with zero attached hydrogens (tertiary/aromatic N) is 2. The fourth-order valence-electron chi connectivity index (χ4n) is 3.76. The lowest BCUT2D eigenvalue weighted by atomic mass is 9.76. The molecule has 0 unspecified atom stereocenters. The average Bonchev–Trinajstić information content (AvgIpc) is 2.81. The van der Waals surface area contributed by atoms with Gasteiger partial charge in [0.1, 0.15) is 0 Å². The number of sulfonamides is 1. The first-order valence-electron chi connectivity index (χ1n) is 9.00. The number of rotatable bonds is 4. The number of benzene rings is 2. The fraction of sp³-hybridized carbons (Fsp3) is 0.300. The summed E-state index contributed by atoms with van der Waals surface area (Å²) in [5.41, 5.74) is 2.85. The van der Waals surface area contributed by atoms with Gasteiger partial charge in [-0.1, -0.05) is 48.9 Å². The quantitative estimate of drug-likeness (QED) is 0.590. The molecule has 0 spiro atoms. The predicted molar refractivity (Wildman–Crippen MR) is 102 cm³/mol. The molecule has 4 rings (SSSR count). The normalized spacial score (nSPS) is 18.1. The molecule has 2 aromatic carbocycles. The van der Waals surface area contributed by atoms with E-state index in [0.717, 1.165) is 24.0 Å². The summed E-state index contributed by atoms with van der Waals surface area (Å²) in [5.74, 6) is 0.472. The van der Waals surface area contributed by atoms with Crippen LogP contribution >= 0.6 is 0 Å². The van der Waals surface area contributed by atoms with Gasteiger partial charge < -0.3 is 0 Å². The van der Waals surface area contributed by atoms with Crippen molar-refractivity contribution >= 4 is 21.3 Å². The van der Waals surface area contributed by atoms with Crippen LogP contribution < -0.4 is 0 Å². The highest BCUT2D eigenvalue weighted by Gasteiger charge is 2.34. The number of hydrogen-bond donors (Lipinski definition) is 0. The van der Waals surface area contributed by atoms with E-state index < -0.39 is 20.6 Å². The van der Waals surface area contributed by atoms with Crippen LogP contribution in [0, 0.1) is 16.0 Å². The highest BCUT2D eigenvalue weighted by molar-refractivity contribution is 7.89. The molecule has 0 atom stereocenters. The number of nitro benzene ring substituents is 1. The van der Waals surface area contributed by atoms with Gasteiger partial charge in [0.25, 0.3) is 5.69 Å². The van der Waals surface area contributed by atoms with E-state index >= 15 is 0 Å². The molecule has 0 saturated heterocycles. The molecular formula is C20H20N2O4S. The van der Waals surface area contributed by atoms with Crippen LogP contribution in [0.2, 0.25) is 0 Å². The molecule has 6 nitrogen and oxygen atoms in total. The van der Waals surface area contributed by atoms with Crippen molar-refractivity contribution in [2.75, 3.05) is 6.54 Å². The zero-order chi connectivity index (χ0) is 19.0. The van der Waals surface area contributed by atoms with Crippen molar-refractivity contribution in [2.24, 2.45) is 5.92 Å². The first-order chi connectivity index (χ1) is 13.0. The number of allylic oxidation sites excluding steroid dienone is 1. The Morgan fingerprint density at radius 3 is 2.44 bits per heavy atom. The molecule has 1 heterocycles. The van der Waals surface area contributed by atoms with Crippen LogP contribution in [-0.2, 0) is 16.6 Å². The van der Waals surface area contributed by atoms with Crippen LogP contribution in [-0.4, -0.2) is 24.2 Å². The molecule has 140 valence electrons. The third-order valence-electron chi connectivity index (χ3n) is 5.41. The van der Waals surface area contributed by atoms with E-state index in [1.165, 1.54) is 40.6 Å². The maximum Gasteiger partial charge on any atom is 0.289 e. The van der Waals surface area contributed by atoms with Crippen LogP contribution in [0.1, 0.15) is 30.4 Å². The average molecular weight is 384 g/mol. The van der Waals surface area contributed by atoms with Gasteiger partial charge in [-0.25, -0.2) is 8.42 Å². The maximum absolute atomic E-state index is 13.2. The number of para-hydroxylation sites is 1. The number of hydrogen-bond acceptors (Lipinski definition) is 4. The molecule has 0 N–H and O–H groups in total. The molecule has 0 radical (unpaired) electrons. The van der Waals surface area contributed by atoms with Crippen molar-refractivity contribution in [3.05, 3.63) is 75.8 Å². The fourth-order valence-corrected chi connectivity index (χ4v) is 5.27. The zero-order valence-corrected chi connectivity index (χ0v) is 15.6. The molecule has 2 aromatic rings. The van der Waals surface area contributed by atoms with Crippen LogP contribution in [0.3, 0.4) is 0 Å². The molecule has 2 aliphatic rings. The molecule has 0 aromatic heterocycles. The number of nitro groups is 1. The van der Waals surface area contributed by atoms with Gasteiger partial charge in [-0.2, -0.15) is 4.31 Å². The lowest BCUT2D eigenvalue weighted by molar-refractivity contribution is -0.387. The van der Waals surface area contributed by atoms with Crippen LogP contribution in [0.25, 0.3) is 5.57 Å². The van der Waals surface area contributed by atoms with Gasteiger partial charge >= 0.3 is 0 Å². The molecule has 0 bridgehead atoms. The Hall–Kier alpha value is -2.51. The second-order valence-corrected chi connectivity index (χ2v) is 8.87. The van der Waals surface area contributed by atoms with Gasteiger partial charge in [-0.3, -0.25) is 10.1 Å². The Balaban J connectivity index is 1.77. The Kier molecular flexibility index (Phi) is 4.57. The van der Waals surface area contributed by atoms with Crippen LogP contribution in [0.15, 0.2) is 59.5 Å². The van der Waals surface area contributed by atoms with Crippen molar-refractivity contribution in [1.29, 1.82) is 0 Å². The largest absolute Gasteiger partial charge is 0.289 e. The maximum atomic E-state index is 13.2. The van der Waals surface area contributed by atoms with Gasteiger partial charge in [0.05, 0.1) is 4.92 Å². The first-order valence-corrected chi connectivity index (χ1v) is 10.4. The van der Waals surface area contributed by atoms with E-state index in [-0.39, 0.29) is 18.0 Å². The van der Waals surface area contributed by atoms with E-state index in [9.17, 15) is 18.5 Å². The summed E-state index contributed by atoms with van der Waals surface area (Å²) in [6.45, 7) is 0.423. The molecule has 27 heavy (non-hydrogen) atoms. The standard InChI is InChI=1S/C20H20N2O4S/c23-22(24)19-10-3-4-11-20(19)27(25,26)21-13-12-18(15-7-5-8-15)17-9-2-1-6-16(17)14-21/h1-4,6,9-12,15H,5,7-8,13-14H2. The summed E-state index contributed by atoms with van der Waals surface area (Å²) in [6, 6.07) is 13.4. The van der Waals surface area contributed by atoms with Crippen molar-refractivity contribution < 1.29 is 13.3 Å². The first kappa shape index (κ1) is 17.9. The Bertz CT molecular complexity index is 1030. The summed E-state index contributed by atoms with van der Waals surface area (Å²) >= 11 is 0. The van der Waals surface area contributed by atoms with Gasteiger partial charge in [0, 0.05) is 19.2 Å². The van der Waals surface area contributed by atoms with E-state index in [4.69, 9.17) is 0 Å². The van der Waals surface area contributed by atoms with Crippen molar-refractivity contribution in [3.8, 4) is 0 Å². The predicted octanol–water partition coefficient (Wildman–Crippen LogP) is 3.98. The van der Waals surface area contributed by atoms with Gasteiger partial charge in [-0.05, 0) is 41.5 Å². The van der Waals surface area contributed by atoms with Gasteiger partial charge in [0.2, 0.25) is 10.0 Å². The highest BCUT2D eigenvalue weighted by Crippen LogP contribution is 2.41. The Morgan fingerprint density at radius 2 is 1.74 bits per heavy atom.